The van der Waals surface area contributed by atoms with E-state index in [1.165, 1.54) is 0 Å². The van der Waals surface area contributed by atoms with E-state index < -0.39 is 0 Å². The Morgan fingerprint density at radius 1 is 1.05 bits per heavy atom. The van der Waals surface area contributed by atoms with Gasteiger partial charge in [-0.1, -0.05) is 30.3 Å². The fourth-order valence-electron chi connectivity index (χ4n) is 2.42. The number of para-hydroxylation sites is 2. The third-order valence-electron chi connectivity index (χ3n) is 3.43. The van der Waals surface area contributed by atoms with Gasteiger partial charge >= 0.3 is 0 Å². The average Bonchev–Trinajstić information content (AvgIpc) is 2.56. The number of rotatable bonds is 5. The van der Waals surface area contributed by atoms with Crippen LogP contribution in [0.4, 0.5) is 0 Å². The van der Waals surface area contributed by atoms with Crippen molar-refractivity contribution in [1.29, 1.82) is 0 Å². The normalized spacial score (nSPS) is 11.0. The molecule has 0 aliphatic carbocycles. The maximum absolute atomic E-state index is 12.8. The first-order valence-electron chi connectivity index (χ1n) is 7.19. The molecule has 2 N–H and O–H groups in total. The van der Waals surface area contributed by atoms with Gasteiger partial charge < -0.3 is 10.4 Å². The smallest absolute Gasteiger partial charge is 0.266 e. The summed E-state index contributed by atoms with van der Waals surface area (Å²) in [6.07, 6.45) is 0. The van der Waals surface area contributed by atoms with Crippen molar-refractivity contribution >= 4 is 10.9 Å². The Kier molecular flexibility index (Phi) is 4.27. The molecule has 0 atom stereocenters. The van der Waals surface area contributed by atoms with Crippen molar-refractivity contribution in [2.24, 2.45) is 0 Å². The van der Waals surface area contributed by atoms with Gasteiger partial charge in [-0.15, -0.1) is 0 Å². The molecule has 1 heterocycles. The van der Waals surface area contributed by atoms with Gasteiger partial charge in [-0.3, -0.25) is 9.36 Å². The molecule has 0 amide bonds. The zero-order valence-electron chi connectivity index (χ0n) is 12.1. The fraction of sp³-hybridized carbons (Fsp3) is 0.176. The zero-order chi connectivity index (χ0) is 15.4. The van der Waals surface area contributed by atoms with Crippen molar-refractivity contribution in [1.82, 2.24) is 14.9 Å². The van der Waals surface area contributed by atoms with Gasteiger partial charge in [0, 0.05) is 6.54 Å². The molecule has 0 spiro atoms. The first kappa shape index (κ1) is 14.4. The lowest BCUT2D eigenvalue weighted by Crippen LogP contribution is -2.28. The van der Waals surface area contributed by atoms with Crippen molar-refractivity contribution in [3.05, 3.63) is 70.8 Å². The van der Waals surface area contributed by atoms with Crippen molar-refractivity contribution in [2.75, 3.05) is 13.2 Å². The van der Waals surface area contributed by atoms with E-state index in [0.717, 1.165) is 5.69 Å². The molecule has 112 valence electrons. The number of aromatic nitrogens is 2. The molecule has 1 aromatic heterocycles. The lowest BCUT2D eigenvalue weighted by atomic mass is 10.2. The van der Waals surface area contributed by atoms with Crippen LogP contribution in [0.5, 0.6) is 0 Å². The molecular weight excluding hydrogens is 278 g/mol. The Balaban J connectivity index is 2.20. The number of nitrogens with one attached hydrogen (secondary N) is 1. The molecule has 5 heteroatoms. The van der Waals surface area contributed by atoms with Crippen LogP contribution in [0, 0.1) is 0 Å². The van der Waals surface area contributed by atoms with Crippen LogP contribution in [-0.2, 0) is 6.54 Å². The molecule has 3 rings (SSSR count). The maximum Gasteiger partial charge on any atom is 0.266 e. The number of benzene rings is 2. The molecule has 0 aliphatic heterocycles. The van der Waals surface area contributed by atoms with Gasteiger partial charge in [0.15, 0.2) is 0 Å². The monoisotopic (exact) mass is 295 g/mol. The predicted molar refractivity (Wildman–Crippen MR) is 86.1 cm³/mol. The third kappa shape index (κ3) is 2.77. The highest BCUT2D eigenvalue weighted by Gasteiger charge is 2.11. The summed E-state index contributed by atoms with van der Waals surface area (Å²) in [5, 5.41) is 12.6. The molecule has 22 heavy (non-hydrogen) atoms. The summed E-state index contributed by atoms with van der Waals surface area (Å²) < 4.78 is 1.62. The quantitative estimate of drug-likeness (QED) is 0.700. The van der Waals surface area contributed by atoms with E-state index in [2.05, 4.69) is 10.3 Å². The lowest BCUT2D eigenvalue weighted by molar-refractivity contribution is 0.291. The SMILES string of the molecule is O=c1c2ccccc2nc(CNCCO)n1-c1ccccc1. The Hall–Kier alpha value is -2.50. The van der Waals surface area contributed by atoms with Gasteiger partial charge in [0.05, 0.1) is 29.7 Å². The first-order valence-corrected chi connectivity index (χ1v) is 7.19. The summed E-state index contributed by atoms with van der Waals surface area (Å²) in [4.78, 5) is 17.4. The van der Waals surface area contributed by atoms with Gasteiger partial charge in [-0.05, 0) is 24.3 Å². The summed E-state index contributed by atoms with van der Waals surface area (Å²) in [6.45, 7) is 0.913. The van der Waals surface area contributed by atoms with Crippen molar-refractivity contribution in [3.63, 3.8) is 0 Å². The van der Waals surface area contributed by atoms with E-state index in [-0.39, 0.29) is 12.2 Å². The molecule has 5 nitrogen and oxygen atoms in total. The standard InChI is InChI=1S/C17H17N3O2/c21-11-10-18-12-16-19-15-9-5-4-8-14(15)17(22)20(16)13-6-2-1-3-7-13/h1-9,18,21H,10-12H2. The number of hydrogen-bond donors (Lipinski definition) is 2. The van der Waals surface area contributed by atoms with Crippen molar-refractivity contribution in [3.8, 4) is 5.69 Å². The number of aliphatic hydroxyl groups is 1. The summed E-state index contributed by atoms with van der Waals surface area (Å²) in [6, 6.07) is 16.8. The van der Waals surface area contributed by atoms with Crippen molar-refractivity contribution in [2.45, 2.75) is 6.54 Å². The highest BCUT2D eigenvalue weighted by Crippen LogP contribution is 2.12. The van der Waals surface area contributed by atoms with Crippen LogP contribution in [-0.4, -0.2) is 27.8 Å². The van der Waals surface area contributed by atoms with Crippen LogP contribution in [0.3, 0.4) is 0 Å². The second-order valence-corrected chi connectivity index (χ2v) is 4.92. The molecular formula is C17H17N3O2. The first-order chi connectivity index (χ1) is 10.8. The Morgan fingerprint density at radius 2 is 1.77 bits per heavy atom. The number of hydrogen-bond acceptors (Lipinski definition) is 4. The van der Waals surface area contributed by atoms with Crippen LogP contribution in [0.1, 0.15) is 5.82 Å². The highest BCUT2D eigenvalue weighted by molar-refractivity contribution is 5.77. The minimum Gasteiger partial charge on any atom is -0.395 e. The van der Waals surface area contributed by atoms with Crippen LogP contribution in [0.15, 0.2) is 59.4 Å². The zero-order valence-corrected chi connectivity index (χ0v) is 12.1. The largest absolute Gasteiger partial charge is 0.395 e. The minimum absolute atomic E-state index is 0.0448. The summed E-state index contributed by atoms with van der Waals surface area (Å²) in [5.74, 6) is 0.628. The van der Waals surface area contributed by atoms with E-state index in [1.807, 2.05) is 48.5 Å². The van der Waals surface area contributed by atoms with E-state index >= 15 is 0 Å². The van der Waals surface area contributed by atoms with E-state index in [0.29, 0.717) is 29.8 Å². The molecule has 0 saturated carbocycles. The average molecular weight is 295 g/mol. The van der Waals surface area contributed by atoms with Gasteiger partial charge in [0.1, 0.15) is 5.82 Å². The molecule has 0 radical (unpaired) electrons. The molecule has 0 saturated heterocycles. The van der Waals surface area contributed by atoms with Crippen LogP contribution in [0.25, 0.3) is 16.6 Å². The van der Waals surface area contributed by atoms with Crippen molar-refractivity contribution < 1.29 is 5.11 Å². The Bertz CT molecular complexity index is 828. The number of nitrogens with zero attached hydrogens (tertiary/aromatic N) is 2. The number of aliphatic hydroxyl groups excluding tert-OH is 1. The number of fused-ring (bicyclic) bond motifs is 1. The van der Waals surface area contributed by atoms with Gasteiger partial charge in [0.2, 0.25) is 0 Å². The fourth-order valence-corrected chi connectivity index (χ4v) is 2.42. The third-order valence-corrected chi connectivity index (χ3v) is 3.43. The molecule has 3 aromatic rings. The van der Waals surface area contributed by atoms with E-state index in [1.54, 1.807) is 10.6 Å². The maximum atomic E-state index is 12.8. The lowest BCUT2D eigenvalue weighted by Gasteiger charge is -2.14. The van der Waals surface area contributed by atoms with E-state index in [4.69, 9.17) is 5.11 Å². The Morgan fingerprint density at radius 3 is 2.55 bits per heavy atom. The summed E-state index contributed by atoms with van der Waals surface area (Å²) in [5.41, 5.74) is 1.38. The molecule has 0 fully saturated rings. The second kappa shape index (κ2) is 6.51. The summed E-state index contributed by atoms with van der Waals surface area (Å²) >= 11 is 0. The van der Waals surface area contributed by atoms with E-state index in [9.17, 15) is 4.79 Å². The predicted octanol–water partition coefficient (Wildman–Crippen LogP) is 1.47. The minimum atomic E-state index is -0.0856. The molecule has 0 unspecified atom stereocenters. The molecule has 0 aliphatic rings. The van der Waals surface area contributed by atoms with Gasteiger partial charge in [-0.25, -0.2) is 4.98 Å². The van der Waals surface area contributed by atoms with Gasteiger partial charge in [-0.2, -0.15) is 0 Å². The second-order valence-electron chi connectivity index (χ2n) is 4.92. The molecule has 2 aromatic carbocycles. The van der Waals surface area contributed by atoms with Crippen LogP contribution in [0.2, 0.25) is 0 Å². The Labute approximate surface area is 127 Å². The van der Waals surface area contributed by atoms with Crippen LogP contribution < -0.4 is 10.9 Å². The molecule has 0 bridgehead atoms. The van der Waals surface area contributed by atoms with Gasteiger partial charge in [0.25, 0.3) is 5.56 Å². The van der Waals surface area contributed by atoms with Crippen LogP contribution >= 0.6 is 0 Å². The summed E-state index contributed by atoms with van der Waals surface area (Å²) in [7, 11) is 0. The topological polar surface area (TPSA) is 67.2 Å². The highest BCUT2D eigenvalue weighted by atomic mass is 16.3.